The summed E-state index contributed by atoms with van der Waals surface area (Å²) in [5.41, 5.74) is 0.953. The lowest BCUT2D eigenvalue weighted by Gasteiger charge is -2.20. The Bertz CT molecular complexity index is 653. The van der Waals surface area contributed by atoms with Gasteiger partial charge in [0.15, 0.2) is 0 Å². The predicted octanol–water partition coefficient (Wildman–Crippen LogP) is 3.49. The van der Waals surface area contributed by atoms with E-state index >= 15 is 0 Å². The third kappa shape index (κ3) is 3.61. The van der Waals surface area contributed by atoms with Crippen molar-refractivity contribution in [3.63, 3.8) is 0 Å². The zero-order valence-electron chi connectivity index (χ0n) is 11.1. The first-order valence-corrected chi connectivity index (χ1v) is 8.99. The van der Waals surface area contributed by atoms with Crippen molar-refractivity contribution in [2.24, 2.45) is 0 Å². The maximum atomic E-state index is 12.6. The highest BCUT2D eigenvalue weighted by atomic mass is 35.5. The van der Waals surface area contributed by atoms with Crippen molar-refractivity contribution in [2.75, 3.05) is 12.4 Å². The highest BCUT2D eigenvalue weighted by Gasteiger charge is 2.25. The number of benzene rings is 1. The smallest absolute Gasteiger partial charge is 0.206 e. The molecule has 3 nitrogen and oxygen atoms in total. The van der Waals surface area contributed by atoms with Gasteiger partial charge in [-0.15, -0.1) is 22.9 Å². The summed E-state index contributed by atoms with van der Waals surface area (Å²) in [5, 5.41) is 0. The van der Waals surface area contributed by atoms with Crippen LogP contribution in [0.1, 0.15) is 10.4 Å². The van der Waals surface area contributed by atoms with E-state index in [0.29, 0.717) is 17.3 Å². The quantitative estimate of drug-likeness (QED) is 0.761. The molecule has 0 spiro atoms. The molecule has 0 aliphatic rings. The van der Waals surface area contributed by atoms with Crippen LogP contribution < -0.4 is 0 Å². The molecule has 0 N–H and O–H groups in total. The minimum Gasteiger partial charge on any atom is -0.206 e. The van der Waals surface area contributed by atoms with Crippen molar-refractivity contribution in [3.05, 3.63) is 52.9 Å². The van der Waals surface area contributed by atoms with Crippen LogP contribution in [-0.4, -0.2) is 25.1 Å². The number of halogens is 1. The SMILES string of the molecule is Cc1ccc(S(=O)(=O)N(CCCl)Cc2ccccc2)s1. The molecule has 6 heteroatoms. The second-order valence-electron chi connectivity index (χ2n) is 4.38. The van der Waals surface area contributed by atoms with Gasteiger partial charge in [-0.3, -0.25) is 0 Å². The van der Waals surface area contributed by atoms with Crippen LogP contribution in [0.4, 0.5) is 0 Å². The van der Waals surface area contributed by atoms with E-state index < -0.39 is 10.0 Å². The van der Waals surface area contributed by atoms with Crippen molar-refractivity contribution < 1.29 is 8.42 Å². The molecule has 0 saturated carbocycles. The summed E-state index contributed by atoms with van der Waals surface area (Å²) in [6, 6.07) is 13.0. The molecule has 0 fully saturated rings. The third-order valence-corrected chi connectivity index (χ3v) is 6.33. The minimum absolute atomic E-state index is 0.274. The molecule has 1 heterocycles. The van der Waals surface area contributed by atoms with Crippen LogP contribution in [0.25, 0.3) is 0 Å². The second kappa shape index (κ2) is 6.72. The Hall–Kier alpha value is -0.880. The van der Waals surface area contributed by atoms with Crippen LogP contribution >= 0.6 is 22.9 Å². The first kappa shape index (κ1) is 15.5. The van der Waals surface area contributed by atoms with Gasteiger partial charge in [-0.2, -0.15) is 4.31 Å². The summed E-state index contributed by atoms with van der Waals surface area (Å²) in [6.45, 7) is 2.54. The van der Waals surface area contributed by atoms with Gasteiger partial charge in [-0.25, -0.2) is 8.42 Å². The zero-order valence-corrected chi connectivity index (χ0v) is 13.5. The van der Waals surface area contributed by atoms with Gasteiger partial charge in [0, 0.05) is 23.8 Å². The molecular weight excluding hydrogens is 314 g/mol. The van der Waals surface area contributed by atoms with Crippen molar-refractivity contribution in [1.29, 1.82) is 0 Å². The standard InChI is InChI=1S/C14H16ClNO2S2/c1-12-7-8-14(19-12)20(17,18)16(10-9-15)11-13-5-3-2-4-6-13/h2-8H,9-11H2,1H3. The Kier molecular flexibility index (Phi) is 5.21. The Labute approximate surface area is 128 Å². The van der Waals surface area contributed by atoms with Gasteiger partial charge in [-0.1, -0.05) is 30.3 Å². The fraction of sp³-hybridized carbons (Fsp3) is 0.286. The summed E-state index contributed by atoms with van der Waals surface area (Å²) < 4.78 is 27.0. The molecule has 1 aromatic heterocycles. The molecule has 0 aliphatic heterocycles. The first-order chi connectivity index (χ1) is 9.54. The summed E-state index contributed by atoms with van der Waals surface area (Å²) in [5.74, 6) is 0.274. The van der Waals surface area contributed by atoms with Gasteiger partial charge >= 0.3 is 0 Å². The van der Waals surface area contributed by atoms with Gasteiger partial charge < -0.3 is 0 Å². The van der Waals surface area contributed by atoms with Crippen LogP contribution in [0.3, 0.4) is 0 Å². The zero-order chi connectivity index (χ0) is 14.6. The number of aryl methyl sites for hydroxylation is 1. The van der Waals surface area contributed by atoms with Gasteiger partial charge in [-0.05, 0) is 24.6 Å². The molecule has 20 heavy (non-hydrogen) atoms. The summed E-state index contributed by atoms with van der Waals surface area (Å²) in [4.78, 5) is 0.981. The van der Waals surface area contributed by atoms with E-state index in [1.807, 2.05) is 43.3 Å². The van der Waals surface area contributed by atoms with Gasteiger partial charge in [0.1, 0.15) is 4.21 Å². The van der Waals surface area contributed by atoms with Crippen LogP contribution in [0.2, 0.25) is 0 Å². The average molecular weight is 330 g/mol. The van der Waals surface area contributed by atoms with Crippen LogP contribution in [0.15, 0.2) is 46.7 Å². The van der Waals surface area contributed by atoms with Gasteiger partial charge in [0.2, 0.25) is 0 Å². The lowest BCUT2D eigenvalue weighted by Crippen LogP contribution is -2.31. The van der Waals surface area contributed by atoms with Crippen LogP contribution in [-0.2, 0) is 16.6 Å². The van der Waals surface area contributed by atoms with E-state index in [2.05, 4.69) is 0 Å². The molecule has 0 unspecified atom stereocenters. The summed E-state index contributed by atoms with van der Waals surface area (Å²) >= 11 is 7.05. The lowest BCUT2D eigenvalue weighted by molar-refractivity contribution is 0.426. The normalized spacial score (nSPS) is 11.9. The fourth-order valence-corrected chi connectivity index (χ4v) is 5.01. The number of thiophene rings is 1. The van der Waals surface area contributed by atoms with E-state index in [9.17, 15) is 8.42 Å². The van der Waals surface area contributed by atoms with E-state index in [0.717, 1.165) is 10.4 Å². The molecule has 0 aliphatic carbocycles. The average Bonchev–Trinajstić information content (AvgIpc) is 2.87. The molecule has 0 amide bonds. The lowest BCUT2D eigenvalue weighted by atomic mass is 10.2. The Balaban J connectivity index is 2.28. The highest BCUT2D eigenvalue weighted by Crippen LogP contribution is 2.25. The molecular formula is C14H16ClNO2S2. The van der Waals surface area contributed by atoms with Gasteiger partial charge in [0.05, 0.1) is 0 Å². The molecule has 0 atom stereocenters. The molecule has 0 bridgehead atoms. The highest BCUT2D eigenvalue weighted by molar-refractivity contribution is 7.91. The van der Waals surface area contributed by atoms with Crippen molar-refractivity contribution in [3.8, 4) is 0 Å². The molecule has 1 aromatic carbocycles. The largest absolute Gasteiger partial charge is 0.252 e. The Morgan fingerprint density at radius 3 is 2.40 bits per heavy atom. The number of sulfonamides is 1. The second-order valence-corrected chi connectivity index (χ2v) is 8.21. The number of hydrogen-bond donors (Lipinski definition) is 0. The Morgan fingerprint density at radius 2 is 1.85 bits per heavy atom. The number of nitrogens with zero attached hydrogens (tertiary/aromatic N) is 1. The van der Waals surface area contributed by atoms with Crippen LogP contribution in [0.5, 0.6) is 0 Å². The maximum Gasteiger partial charge on any atom is 0.252 e. The van der Waals surface area contributed by atoms with E-state index in [-0.39, 0.29) is 5.88 Å². The predicted molar refractivity (Wildman–Crippen MR) is 83.8 cm³/mol. The number of hydrogen-bond acceptors (Lipinski definition) is 3. The molecule has 2 rings (SSSR count). The summed E-state index contributed by atoms with van der Waals surface area (Å²) in [7, 11) is -3.47. The molecule has 0 saturated heterocycles. The third-order valence-electron chi connectivity index (χ3n) is 2.85. The van der Waals surface area contributed by atoms with E-state index in [1.165, 1.54) is 15.6 Å². The Morgan fingerprint density at radius 1 is 1.15 bits per heavy atom. The summed E-state index contributed by atoms with van der Waals surface area (Å²) in [6.07, 6.45) is 0. The van der Waals surface area contributed by atoms with Crippen LogP contribution in [0, 0.1) is 6.92 Å². The molecule has 2 aromatic rings. The van der Waals surface area contributed by atoms with Crippen molar-refractivity contribution >= 4 is 33.0 Å². The molecule has 108 valence electrons. The maximum absolute atomic E-state index is 12.6. The minimum atomic E-state index is -3.47. The van der Waals surface area contributed by atoms with Gasteiger partial charge in [0.25, 0.3) is 10.0 Å². The first-order valence-electron chi connectivity index (χ1n) is 6.20. The van der Waals surface area contributed by atoms with Crippen molar-refractivity contribution in [2.45, 2.75) is 17.7 Å². The number of alkyl halides is 1. The number of rotatable bonds is 6. The van der Waals surface area contributed by atoms with Crippen molar-refractivity contribution in [1.82, 2.24) is 4.31 Å². The monoisotopic (exact) mass is 329 g/mol. The topological polar surface area (TPSA) is 37.4 Å². The molecule has 0 radical (unpaired) electrons. The van der Waals surface area contributed by atoms with E-state index in [1.54, 1.807) is 6.07 Å². The fourth-order valence-electron chi connectivity index (χ4n) is 1.84. The van der Waals surface area contributed by atoms with E-state index in [4.69, 9.17) is 11.6 Å².